The first kappa shape index (κ1) is 23.0. The van der Waals surface area contributed by atoms with Crippen LogP contribution in [0, 0.1) is 0 Å². The molecule has 4 rings (SSSR count). The number of hydrogen-bond acceptors (Lipinski definition) is 7. The molecule has 1 aliphatic rings. The minimum Gasteiger partial charge on any atom is -0.494 e. The first-order valence-corrected chi connectivity index (χ1v) is 12.2. The molecule has 0 unspecified atom stereocenters. The second-order valence-electron chi connectivity index (χ2n) is 8.03. The highest BCUT2D eigenvalue weighted by Crippen LogP contribution is 2.28. The second kappa shape index (κ2) is 10.2. The predicted octanol–water partition coefficient (Wildman–Crippen LogP) is 3.06. The van der Waals surface area contributed by atoms with Crippen LogP contribution in [0.3, 0.4) is 0 Å². The minimum atomic E-state index is -0.508. The number of aromatic nitrogens is 3. The molecule has 0 radical (unpaired) electrons. The van der Waals surface area contributed by atoms with Gasteiger partial charge >= 0.3 is 5.69 Å². The van der Waals surface area contributed by atoms with Crippen LogP contribution in [0.25, 0.3) is 10.3 Å². The van der Waals surface area contributed by atoms with Crippen molar-refractivity contribution in [3.63, 3.8) is 0 Å². The Morgan fingerprint density at radius 3 is 2.48 bits per heavy atom. The molecule has 1 amide bonds. The number of carbonyl (C=O) groups excluding carboxylic acids is 1. The van der Waals surface area contributed by atoms with Gasteiger partial charge in [-0.2, -0.15) is 0 Å². The van der Waals surface area contributed by atoms with Crippen LogP contribution in [-0.2, 0) is 17.9 Å². The van der Waals surface area contributed by atoms with E-state index in [0.717, 1.165) is 31.1 Å². The molecule has 0 spiro atoms. The number of anilines is 2. The zero-order chi connectivity index (χ0) is 23.4. The van der Waals surface area contributed by atoms with E-state index < -0.39 is 5.69 Å². The van der Waals surface area contributed by atoms with Gasteiger partial charge in [0, 0.05) is 25.3 Å². The number of nitrogens with one attached hydrogen (secondary N) is 1. The molecular formula is C23H29N5O4S. The van der Waals surface area contributed by atoms with Crippen LogP contribution in [0.2, 0.25) is 0 Å². The van der Waals surface area contributed by atoms with E-state index in [1.165, 1.54) is 26.9 Å². The van der Waals surface area contributed by atoms with Gasteiger partial charge in [0.05, 0.1) is 6.61 Å². The maximum atomic E-state index is 13.2. The van der Waals surface area contributed by atoms with Crippen LogP contribution >= 0.6 is 11.3 Å². The zero-order valence-electron chi connectivity index (χ0n) is 19.0. The Morgan fingerprint density at radius 2 is 1.82 bits per heavy atom. The average molecular weight is 472 g/mol. The van der Waals surface area contributed by atoms with Crippen molar-refractivity contribution >= 4 is 38.4 Å². The predicted molar refractivity (Wildman–Crippen MR) is 131 cm³/mol. The van der Waals surface area contributed by atoms with Gasteiger partial charge in [-0.05, 0) is 56.9 Å². The van der Waals surface area contributed by atoms with E-state index in [1.54, 1.807) is 24.3 Å². The largest absolute Gasteiger partial charge is 0.494 e. The SMILES string of the molecule is CCCn1c(=O)c2sc(N3CCCCC3)nc2n(CC(=O)Nc2ccc(OCC)cc2)c1=O. The lowest BCUT2D eigenvalue weighted by molar-refractivity contribution is -0.116. The van der Waals surface area contributed by atoms with Crippen LogP contribution < -0.4 is 26.2 Å². The van der Waals surface area contributed by atoms with Gasteiger partial charge in [0.25, 0.3) is 5.56 Å². The number of rotatable bonds is 8. The molecule has 1 aliphatic heterocycles. The van der Waals surface area contributed by atoms with Crippen molar-refractivity contribution in [3.05, 3.63) is 45.1 Å². The van der Waals surface area contributed by atoms with Crippen molar-refractivity contribution in [2.24, 2.45) is 0 Å². The van der Waals surface area contributed by atoms with E-state index in [1.807, 2.05) is 13.8 Å². The number of thiazole rings is 1. The fraction of sp³-hybridized carbons (Fsp3) is 0.478. The maximum Gasteiger partial charge on any atom is 0.333 e. The summed E-state index contributed by atoms with van der Waals surface area (Å²) in [5.74, 6) is 0.351. The fourth-order valence-electron chi connectivity index (χ4n) is 4.00. The fourth-order valence-corrected chi connectivity index (χ4v) is 5.07. The molecule has 3 aromatic rings. The molecule has 0 atom stereocenters. The number of hydrogen-bond donors (Lipinski definition) is 1. The summed E-state index contributed by atoms with van der Waals surface area (Å²) in [7, 11) is 0. The number of carbonyl (C=O) groups is 1. The average Bonchev–Trinajstić information content (AvgIpc) is 3.27. The Labute approximate surface area is 195 Å². The van der Waals surface area contributed by atoms with Gasteiger partial charge in [-0.15, -0.1) is 0 Å². The molecule has 176 valence electrons. The van der Waals surface area contributed by atoms with E-state index in [4.69, 9.17) is 4.74 Å². The third-order valence-electron chi connectivity index (χ3n) is 5.58. The molecule has 10 heteroatoms. The van der Waals surface area contributed by atoms with Gasteiger partial charge in [-0.25, -0.2) is 9.78 Å². The van der Waals surface area contributed by atoms with E-state index in [2.05, 4.69) is 15.2 Å². The van der Waals surface area contributed by atoms with Gasteiger partial charge in [-0.1, -0.05) is 18.3 Å². The lowest BCUT2D eigenvalue weighted by atomic mass is 10.1. The minimum absolute atomic E-state index is 0.226. The summed E-state index contributed by atoms with van der Waals surface area (Å²) < 4.78 is 8.37. The van der Waals surface area contributed by atoms with Gasteiger partial charge in [-0.3, -0.25) is 18.7 Å². The third kappa shape index (κ3) is 4.95. The zero-order valence-corrected chi connectivity index (χ0v) is 19.8. The maximum absolute atomic E-state index is 13.2. The highest BCUT2D eigenvalue weighted by molar-refractivity contribution is 7.22. The summed E-state index contributed by atoms with van der Waals surface area (Å²) in [5, 5.41) is 3.54. The van der Waals surface area contributed by atoms with Gasteiger partial charge in [0.15, 0.2) is 10.8 Å². The summed E-state index contributed by atoms with van der Waals surface area (Å²) in [6.45, 7) is 6.20. The summed E-state index contributed by atoms with van der Waals surface area (Å²) in [6, 6.07) is 7.04. The first-order valence-electron chi connectivity index (χ1n) is 11.4. The Kier molecular flexibility index (Phi) is 7.12. The Balaban J connectivity index is 1.67. The molecular weight excluding hydrogens is 442 g/mol. The molecule has 1 N–H and O–H groups in total. The van der Waals surface area contributed by atoms with E-state index >= 15 is 0 Å². The lowest BCUT2D eigenvalue weighted by Gasteiger charge is -2.25. The normalized spacial score (nSPS) is 13.9. The molecule has 1 fully saturated rings. The molecule has 33 heavy (non-hydrogen) atoms. The summed E-state index contributed by atoms with van der Waals surface area (Å²) in [6.07, 6.45) is 3.97. The van der Waals surface area contributed by atoms with Crippen molar-refractivity contribution in [2.45, 2.75) is 52.6 Å². The smallest absolute Gasteiger partial charge is 0.333 e. The van der Waals surface area contributed by atoms with Crippen molar-refractivity contribution in [1.82, 2.24) is 14.1 Å². The van der Waals surface area contributed by atoms with Gasteiger partial charge < -0.3 is 15.0 Å². The van der Waals surface area contributed by atoms with Crippen molar-refractivity contribution in [2.75, 3.05) is 29.9 Å². The molecule has 0 aliphatic carbocycles. The van der Waals surface area contributed by atoms with Crippen LogP contribution in [-0.4, -0.2) is 39.7 Å². The van der Waals surface area contributed by atoms with Crippen molar-refractivity contribution in [3.8, 4) is 5.75 Å². The van der Waals surface area contributed by atoms with Crippen LogP contribution in [0.4, 0.5) is 10.8 Å². The van der Waals surface area contributed by atoms with Crippen LogP contribution in [0.5, 0.6) is 5.75 Å². The molecule has 0 bridgehead atoms. The van der Waals surface area contributed by atoms with E-state index in [-0.39, 0.29) is 23.7 Å². The standard InChI is InChI=1S/C23H29N5O4S/c1-3-12-27-21(30)19-20(25-22(33-19)26-13-6-5-7-14-26)28(23(27)31)15-18(29)24-16-8-10-17(11-9-16)32-4-2/h8-11H,3-7,12-15H2,1-2H3,(H,24,29). The number of nitrogens with zero attached hydrogens (tertiary/aromatic N) is 4. The molecule has 3 heterocycles. The third-order valence-corrected chi connectivity index (χ3v) is 6.67. The highest BCUT2D eigenvalue weighted by Gasteiger charge is 2.22. The Bertz CT molecular complexity index is 1240. The van der Waals surface area contributed by atoms with Crippen LogP contribution in [0.1, 0.15) is 39.5 Å². The number of ether oxygens (including phenoxy) is 1. The van der Waals surface area contributed by atoms with Gasteiger partial charge in [0.1, 0.15) is 17.0 Å². The Morgan fingerprint density at radius 1 is 1.09 bits per heavy atom. The molecule has 1 saturated heterocycles. The number of amides is 1. The Hall–Kier alpha value is -3.14. The monoisotopic (exact) mass is 471 g/mol. The van der Waals surface area contributed by atoms with Crippen molar-refractivity contribution < 1.29 is 9.53 Å². The van der Waals surface area contributed by atoms with Crippen molar-refractivity contribution in [1.29, 1.82) is 0 Å². The highest BCUT2D eigenvalue weighted by atomic mass is 32.1. The summed E-state index contributed by atoms with van der Waals surface area (Å²) >= 11 is 1.31. The molecule has 9 nitrogen and oxygen atoms in total. The number of fused-ring (bicyclic) bond motifs is 1. The van der Waals surface area contributed by atoms with E-state index in [9.17, 15) is 14.4 Å². The number of piperidine rings is 1. The first-order chi connectivity index (χ1) is 16.0. The number of benzene rings is 1. The summed E-state index contributed by atoms with van der Waals surface area (Å²) in [5.41, 5.74) is 0.0409. The lowest BCUT2D eigenvalue weighted by Crippen LogP contribution is -2.41. The van der Waals surface area contributed by atoms with Gasteiger partial charge in [0.2, 0.25) is 5.91 Å². The van der Waals surface area contributed by atoms with E-state index in [0.29, 0.717) is 35.7 Å². The second-order valence-corrected chi connectivity index (χ2v) is 9.01. The molecule has 0 saturated carbocycles. The molecule has 2 aromatic heterocycles. The quantitative estimate of drug-likeness (QED) is 0.542. The molecule has 1 aromatic carbocycles. The topological polar surface area (TPSA) is 98.5 Å². The van der Waals surface area contributed by atoms with Crippen LogP contribution in [0.15, 0.2) is 33.9 Å². The summed E-state index contributed by atoms with van der Waals surface area (Å²) in [4.78, 5) is 45.8.